The summed E-state index contributed by atoms with van der Waals surface area (Å²) in [5.41, 5.74) is 1.47. The molecule has 1 aliphatic heterocycles. The Morgan fingerprint density at radius 2 is 2.06 bits per heavy atom. The lowest BCUT2D eigenvalue weighted by molar-refractivity contribution is -0.132. The number of imidazole rings is 1. The largest absolute Gasteiger partial charge is 0.420 e. The number of hydrogen-bond donors (Lipinski definition) is 1. The molecule has 1 aromatic carbocycles. The summed E-state index contributed by atoms with van der Waals surface area (Å²) in [5, 5.41) is 8.00. The second-order valence-corrected chi connectivity index (χ2v) is 8.06. The van der Waals surface area contributed by atoms with E-state index in [2.05, 4.69) is 20.2 Å². The van der Waals surface area contributed by atoms with Crippen LogP contribution in [0.5, 0.6) is 0 Å². The molecule has 0 bridgehead atoms. The van der Waals surface area contributed by atoms with Gasteiger partial charge in [-0.05, 0) is 43.2 Å². The van der Waals surface area contributed by atoms with Crippen LogP contribution in [-0.2, 0) is 11.2 Å². The van der Waals surface area contributed by atoms with E-state index >= 15 is 0 Å². The molecule has 4 heterocycles. The molecule has 1 fully saturated rings. The maximum atomic E-state index is 13.6. The summed E-state index contributed by atoms with van der Waals surface area (Å²) in [7, 11) is 0. The molecule has 0 atom stereocenters. The molecule has 4 aromatic rings. The van der Waals surface area contributed by atoms with Crippen LogP contribution in [0.1, 0.15) is 24.8 Å². The number of H-pyrrole nitrogens is 1. The molecule has 5 rings (SSSR count). The molecular formula is C21H18ClFN6O3. The maximum absolute atomic E-state index is 13.6. The van der Waals surface area contributed by atoms with Crippen molar-refractivity contribution in [1.29, 1.82) is 0 Å². The SMILES string of the molecule is O=C(Cc1nnc(-c2cc(F)cc(Cl)c2)o1)N1CCC(n2c(=O)[nH]c3ncccc32)CC1. The predicted molar refractivity (Wildman–Crippen MR) is 114 cm³/mol. The molecule has 3 aromatic heterocycles. The van der Waals surface area contributed by atoms with Gasteiger partial charge in [0.15, 0.2) is 5.65 Å². The van der Waals surface area contributed by atoms with Crippen molar-refractivity contribution < 1.29 is 13.6 Å². The number of nitrogens with zero attached hydrogens (tertiary/aromatic N) is 5. The number of benzene rings is 1. The third kappa shape index (κ3) is 3.89. The molecule has 1 saturated heterocycles. The number of rotatable bonds is 4. The van der Waals surface area contributed by atoms with Crippen molar-refractivity contribution in [3.8, 4) is 11.5 Å². The number of carbonyl (C=O) groups is 1. The standard InChI is InChI=1S/C21H18ClFN6O3/c22-13-8-12(9-14(23)10-13)20-27-26-17(32-20)11-18(30)28-6-3-15(4-7-28)29-16-2-1-5-24-19(16)25-21(29)31/h1-2,5,8-10,15H,3-4,6-7,11H2,(H,24,25,31). The number of pyridine rings is 1. The summed E-state index contributed by atoms with van der Waals surface area (Å²) in [6.45, 7) is 1.01. The van der Waals surface area contributed by atoms with Gasteiger partial charge in [-0.15, -0.1) is 10.2 Å². The minimum atomic E-state index is -0.517. The zero-order valence-electron chi connectivity index (χ0n) is 16.8. The Hall–Kier alpha value is -3.53. The van der Waals surface area contributed by atoms with Gasteiger partial charge in [-0.2, -0.15) is 0 Å². The van der Waals surface area contributed by atoms with Crippen molar-refractivity contribution in [3.05, 3.63) is 63.7 Å². The highest BCUT2D eigenvalue weighted by molar-refractivity contribution is 6.30. The number of hydrogen-bond acceptors (Lipinski definition) is 6. The van der Waals surface area contributed by atoms with Gasteiger partial charge in [-0.3, -0.25) is 14.3 Å². The van der Waals surface area contributed by atoms with Gasteiger partial charge in [0.05, 0.1) is 5.52 Å². The molecule has 164 valence electrons. The highest BCUT2D eigenvalue weighted by Crippen LogP contribution is 2.26. The fourth-order valence-corrected chi connectivity index (χ4v) is 4.28. The second kappa shape index (κ2) is 8.19. The normalized spacial score (nSPS) is 14.9. The Bertz CT molecular complexity index is 1330. The van der Waals surface area contributed by atoms with E-state index in [0.29, 0.717) is 37.1 Å². The van der Waals surface area contributed by atoms with Gasteiger partial charge in [0.1, 0.15) is 12.2 Å². The van der Waals surface area contributed by atoms with Gasteiger partial charge >= 0.3 is 5.69 Å². The van der Waals surface area contributed by atoms with E-state index in [1.165, 1.54) is 18.2 Å². The quantitative estimate of drug-likeness (QED) is 0.505. The predicted octanol–water partition coefficient (Wildman–Crippen LogP) is 2.97. The van der Waals surface area contributed by atoms with E-state index < -0.39 is 5.82 Å². The van der Waals surface area contributed by atoms with E-state index in [-0.39, 0.29) is 40.9 Å². The average molecular weight is 457 g/mol. The lowest BCUT2D eigenvalue weighted by Crippen LogP contribution is -2.41. The van der Waals surface area contributed by atoms with E-state index in [9.17, 15) is 14.0 Å². The third-order valence-corrected chi connectivity index (χ3v) is 5.77. The first-order valence-electron chi connectivity index (χ1n) is 10.1. The van der Waals surface area contributed by atoms with Crippen LogP contribution in [0.4, 0.5) is 4.39 Å². The Kier molecular flexibility index (Phi) is 5.22. The molecule has 1 amide bonds. The molecule has 0 unspecified atom stereocenters. The van der Waals surface area contributed by atoms with Gasteiger partial charge in [0.25, 0.3) is 0 Å². The molecule has 1 aliphatic rings. The molecule has 0 spiro atoms. The number of carbonyl (C=O) groups excluding carboxylic acids is 1. The van der Waals surface area contributed by atoms with Crippen LogP contribution in [0, 0.1) is 5.82 Å². The summed E-state index contributed by atoms with van der Waals surface area (Å²) in [6.07, 6.45) is 2.86. The smallest absolute Gasteiger partial charge is 0.327 e. The Morgan fingerprint density at radius 1 is 1.25 bits per heavy atom. The van der Waals surface area contributed by atoms with Crippen LogP contribution in [0.2, 0.25) is 5.02 Å². The van der Waals surface area contributed by atoms with E-state index in [1.807, 2.05) is 6.07 Å². The number of halogens is 2. The minimum Gasteiger partial charge on any atom is -0.420 e. The lowest BCUT2D eigenvalue weighted by Gasteiger charge is -2.32. The number of piperidine rings is 1. The van der Waals surface area contributed by atoms with Crippen molar-refractivity contribution >= 4 is 28.7 Å². The lowest BCUT2D eigenvalue weighted by atomic mass is 10.0. The van der Waals surface area contributed by atoms with Crippen molar-refractivity contribution in [2.75, 3.05) is 13.1 Å². The first kappa shape index (κ1) is 20.4. The van der Waals surface area contributed by atoms with Gasteiger partial charge in [0, 0.05) is 35.9 Å². The topological polar surface area (TPSA) is 110 Å². The fraction of sp³-hybridized carbons (Fsp3) is 0.286. The second-order valence-electron chi connectivity index (χ2n) is 7.62. The van der Waals surface area contributed by atoms with Crippen LogP contribution >= 0.6 is 11.6 Å². The van der Waals surface area contributed by atoms with Gasteiger partial charge in [-0.1, -0.05) is 11.6 Å². The van der Waals surface area contributed by atoms with Crippen molar-refractivity contribution in [2.45, 2.75) is 25.3 Å². The summed E-state index contributed by atoms with van der Waals surface area (Å²) in [6, 6.07) is 7.56. The number of likely N-dealkylation sites (tertiary alicyclic amines) is 1. The van der Waals surface area contributed by atoms with Crippen LogP contribution in [0.25, 0.3) is 22.6 Å². The summed E-state index contributed by atoms with van der Waals surface area (Å²) < 4.78 is 20.8. The first-order chi connectivity index (χ1) is 15.5. The zero-order valence-corrected chi connectivity index (χ0v) is 17.5. The van der Waals surface area contributed by atoms with Crippen molar-refractivity contribution in [1.82, 2.24) is 29.6 Å². The summed E-state index contributed by atoms with van der Waals surface area (Å²) in [4.78, 5) is 33.8. The minimum absolute atomic E-state index is 0.0165. The van der Waals surface area contributed by atoms with Crippen molar-refractivity contribution in [3.63, 3.8) is 0 Å². The van der Waals surface area contributed by atoms with E-state index in [0.717, 1.165) is 5.52 Å². The Morgan fingerprint density at radius 3 is 2.84 bits per heavy atom. The van der Waals surface area contributed by atoms with Gasteiger partial charge in [-0.25, -0.2) is 14.2 Å². The molecular weight excluding hydrogens is 439 g/mol. The molecule has 0 saturated carbocycles. The molecule has 9 nitrogen and oxygen atoms in total. The zero-order chi connectivity index (χ0) is 22.2. The fourth-order valence-electron chi connectivity index (χ4n) is 4.05. The highest BCUT2D eigenvalue weighted by Gasteiger charge is 2.27. The number of amides is 1. The number of fused-ring (bicyclic) bond motifs is 1. The van der Waals surface area contributed by atoms with Gasteiger partial charge in [0.2, 0.25) is 17.7 Å². The van der Waals surface area contributed by atoms with Crippen LogP contribution in [0.15, 0.2) is 45.7 Å². The Labute approximate surface area is 185 Å². The van der Waals surface area contributed by atoms with Crippen molar-refractivity contribution in [2.24, 2.45) is 0 Å². The van der Waals surface area contributed by atoms with Gasteiger partial charge < -0.3 is 9.32 Å². The highest BCUT2D eigenvalue weighted by atomic mass is 35.5. The van der Waals surface area contributed by atoms with Crippen LogP contribution < -0.4 is 5.69 Å². The van der Waals surface area contributed by atoms with E-state index in [4.69, 9.17) is 16.0 Å². The van der Waals surface area contributed by atoms with E-state index in [1.54, 1.807) is 21.7 Å². The molecule has 0 radical (unpaired) electrons. The molecule has 1 N–H and O–H groups in total. The molecule has 0 aliphatic carbocycles. The number of nitrogens with one attached hydrogen (secondary N) is 1. The Balaban J connectivity index is 1.24. The molecule has 32 heavy (non-hydrogen) atoms. The monoisotopic (exact) mass is 456 g/mol. The van der Waals surface area contributed by atoms with Crippen LogP contribution in [0.3, 0.4) is 0 Å². The summed E-state index contributed by atoms with van der Waals surface area (Å²) >= 11 is 5.87. The average Bonchev–Trinajstić information content (AvgIpc) is 3.36. The summed E-state index contributed by atoms with van der Waals surface area (Å²) in [5.74, 6) is -0.424. The third-order valence-electron chi connectivity index (χ3n) is 5.55. The molecule has 11 heteroatoms. The number of aromatic amines is 1. The number of aromatic nitrogens is 5. The first-order valence-corrected chi connectivity index (χ1v) is 10.5. The maximum Gasteiger partial charge on any atom is 0.327 e. The van der Waals surface area contributed by atoms with Crippen LogP contribution in [-0.4, -0.2) is 48.6 Å².